The Morgan fingerprint density at radius 1 is 1.30 bits per heavy atom. The van der Waals surface area contributed by atoms with Gasteiger partial charge in [0.1, 0.15) is 17.4 Å². The third-order valence-electron chi connectivity index (χ3n) is 4.74. The number of non-ortho nitro benzene ring substituents is 1. The van der Waals surface area contributed by atoms with Gasteiger partial charge in [-0.1, -0.05) is 0 Å². The van der Waals surface area contributed by atoms with Crippen molar-refractivity contribution >= 4 is 28.2 Å². The van der Waals surface area contributed by atoms with E-state index in [0.717, 1.165) is 12.5 Å². The summed E-state index contributed by atoms with van der Waals surface area (Å²) < 4.78 is 21.7. The Morgan fingerprint density at radius 2 is 2.04 bits per heavy atom. The van der Waals surface area contributed by atoms with Crippen molar-refractivity contribution in [3.63, 3.8) is 0 Å². The number of fused-ring (bicyclic) bond motifs is 3. The van der Waals surface area contributed by atoms with Crippen LogP contribution in [0.2, 0.25) is 0 Å². The molecule has 27 heavy (non-hydrogen) atoms. The van der Waals surface area contributed by atoms with Gasteiger partial charge in [0.2, 0.25) is 0 Å². The van der Waals surface area contributed by atoms with E-state index in [-0.39, 0.29) is 22.4 Å². The number of aromatic nitrogens is 1. The maximum atomic E-state index is 14.8. The lowest BCUT2D eigenvalue weighted by Crippen LogP contribution is -2.18. The number of hydrogen-bond donors (Lipinski definition) is 1. The summed E-state index contributed by atoms with van der Waals surface area (Å²) in [7, 11) is 1.53. The first-order valence-corrected chi connectivity index (χ1v) is 8.44. The summed E-state index contributed by atoms with van der Waals surface area (Å²) in [6.45, 7) is 1.19. The first-order chi connectivity index (χ1) is 13.0. The number of benzene rings is 2. The lowest BCUT2D eigenvalue weighted by Gasteiger charge is -2.19. The van der Waals surface area contributed by atoms with Gasteiger partial charge in [-0.05, 0) is 30.7 Å². The standard InChI is InChI=1S/C19H16FN3O4/c1-27-13-5-3-11(4-6-13)18(24)17-16-14(20)9-12(23(25)26)10-15(16)22-8-2-7-21-19(17)22/h3-6,9-10,21H,2,7-8H2,1H3. The van der Waals surface area contributed by atoms with Crippen molar-refractivity contribution in [3.05, 3.63) is 63.5 Å². The number of nitrogens with one attached hydrogen (secondary N) is 1. The molecular formula is C19H16FN3O4. The number of ketones is 1. The van der Waals surface area contributed by atoms with E-state index in [9.17, 15) is 19.3 Å². The number of hydrogen-bond acceptors (Lipinski definition) is 5. The number of halogens is 1. The molecule has 0 saturated carbocycles. The second kappa shape index (κ2) is 6.39. The fourth-order valence-electron chi connectivity index (χ4n) is 3.49. The van der Waals surface area contributed by atoms with Crippen LogP contribution < -0.4 is 10.1 Å². The summed E-state index contributed by atoms with van der Waals surface area (Å²) in [5.74, 6) is -0.0231. The van der Waals surface area contributed by atoms with Crippen molar-refractivity contribution in [3.8, 4) is 5.75 Å². The number of anilines is 1. The second-order valence-electron chi connectivity index (χ2n) is 6.29. The van der Waals surface area contributed by atoms with E-state index < -0.39 is 10.7 Å². The highest BCUT2D eigenvalue weighted by Crippen LogP contribution is 2.38. The van der Waals surface area contributed by atoms with Gasteiger partial charge in [-0.25, -0.2) is 4.39 Å². The van der Waals surface area contributed by atoms with Gasteiger partial charge in [-0.15, -0.1) is 0 Å². The van der Waals surface area contributed by atoms with Crippen LogP contribution in [-0.2, 0) is 6.54 Å². The first kappa shape index (κ1) is 17.0. The van der Waals surface area contributed by atoms with E-state index in [1.807, 2.05) is 0 Å². The number of carbonyl (C=O) groups is 1. The number of ether oxygens (including phenoxy) is 1. The van der Waals surface area contributed by atoms with Gasteiger partial charge in [0.05, 0.1) is 29.2 Å². The molecule has 7 nitrogen and oxygen atoms in total. The number of carbonyl (C=O) groups excluding carboxylic acids is 1. The van der Waals surface area contributed by atoms with Gasteiger partial charge in [0.15, 0.2) is 5.78 Å². The molecule has 0 saturated heterocycles. The van der Waals surface area contributed by atoms with E-state index in [4.69, 9.17) is 4.74 Å². The Bertz CT molecular complexity index is 1070. The monoisotopic (exact) mass is 369 g/mol. The fraction of sp³-hybridized carbons (Fsp3) is 0.211. The highest BCUT2D eigenvalue weighted by molar-refractivity contribution is 6.20. The third kappa shape index (κ3) is 2.69. The summed E-state index contributed by atoms with van der Waals surface area (Å²) in [5, 5.41) is 14.4. The van der Waals surface area contributed by atoms with E-state index in [0.29, 0.717) is 35.7 Å². The molecule has 2 heterocycles. The molecule has 8 heteroatoms. The van der Waals surface area contributed by atoms with Crippen molar-refractivity contribution in [1.82, 2.24) is 4.57 Å². The van der Waals surface area contributed by atoms with E-state index in [1.54, 1.807) is 28.8 Å². The minimum atomic E-state index is -0.778. The molecule has 0 bridgehead atoms. The van der Waals surface area contributed by atoms with Crippen LogP contribution in [0.15, 0.2) is 36.4 Å². The van der Waals surface area contributed by atoms with Crippen LogP contribution >= 0.6 is 0 Å². The molecule has 1 N–H and O–H groups in total. The predicted octanol–water partition coefficient (Wildman–Crippen LogP) is 3.74. The molecule has 0 radical (unpaired) electrons. The number of methoxy groups -OCH3 is 1. The molecule has 138 valence electrons. The van der Waals surface area contributed by atoms with Crippen LogP contribution in [-0.4, -0.2) is 28.9 Å². The Labute approximate surface area is 153 Å². The van der Waals surface area contributed by atoms with Crippen LogP contribution in [0.3, 0.4) is 0 Å². The SMILES string of the molecule is COc1ccc(C(=O)c2c3n(c4cc([N+](=O)[O-])cc(F)c24)CCCN3)cc1. The van der Waals surface area contributed by atoms with Gasteiger partial charge in [0, 0.05) is 30.1 Å². The first-order valence-electron chi connectivity index (χ1n) is 8.44. The van der Waals surface area contributed by atoms with Gasteiger partial charge in [-0.2, -0.15) is 0 Å². The van der Waals surface area contributed by atoms with E-state index >= 15 is 0 Å². The molecule has 1 aliphatic rings. The normalized spacial score (nSPS) is 13.1. The molecule has 0 fully saturated rings. The molecule has 0 aliphatic carbocycles. The van der Waals surface area contributed by atoms with Gasteiger partial charge >= 0.3 is 0 Å². The van der Waals surface area contributed by atoms with Gasteiger partial charge < -0.3 is 14.6 Å². The molecule has 0 spiro atoms. The number of nitro groups is 1. The second-order valence-corrected chi connectivity index (χ2v) is 6.29. The molecule has 2 aromatic carbocycles. The van der Waals surface area contributed by atoms with Crippen molar-refractivity contribution in [2.75, 3.05) is 19.0 Å². The average Bonchev–Trinajstić information content (AvgIpc) is 3.02. The molecule has 1 aliphatic heterocycles. The lowest BCUT2D eigenvalue weighted by atomic mass is 10.0. The van der Waals surface area contributed by atoms with Crippen LogP contribution in [0, 0.1) is 15.9 Å². The molecule has 0 amide bonds. The maximum absolute atomic E-state index is 14.8. The lowest BCUT2D eigenvalue weighted by molar-refractivity contribution is -0.384. The van der Waals surface area contributed by atoms with Crippen molar-refractivity contribution in [2.24, 2.45) is 0 Å². The Balaban J connectivity index is 1.96. The van der Waals surface area contributed by atoms with E-state index in [2.05, 4.69) is 5.32 Å². The topological polar surface area (TPSA) is 86.4 Å². The summed E-state index contributed by atoms with van der Waals surface area (Å²) in [4.78, 5) is 23.7. The summed E-state index contributed by atoms with van der Waals surface area (Å²) in [6.07, 6.45) is 0.775. The minimum absolute atomic E-state index is 0.103. The summed E-state index contributed by atoms with van der Waals surface area (Å²) in [5.41, 5.74) is 0.591. The molecule has 3 aromatic rings. The Morgan fingerprint density at radius 3 is 2.70 bits per heavy atom. The highest BCUT2D eigenvalue weighted by Gasteiger charge is 2.29. The zero-order chi connectivity index (χ0) is 19.1. The summed E-state index contributed by atoms with van der Waals surface area (Å²) in [6, 6.07) is 8.73. The van der Waals surface area contributed by atoms with Crippen molar-refractivity contribution < 1.29 is 18.8 Å². The van der Waals surface area contributed by atoms with Crippen LogP contribution in [0.1, 0.15) is 22.3 Å². The average molecular weight is 369 g/mol. The number of aryl methyl sites for hydroxylation is 1. The Hall–Kier alpha value is -3.42. The molecule has 1 aromatic heterocycles. The molecule has 0 unspecified atom stereocenters. The zero-order valence-corrected chi connectivity index (χ0v) is 14.5. The van der Waals surface area contributed by atoms with Crippen LogP contribution in [0.25, 0.3) is 10.9 Å². The quantitative estimate of drug-likeness (QED) is 0.430. The molecule has 4 rings (SSSR count). The van der Waals surface area contributed by atoms with Gasteiger partial charge in [-0.3, -0.25) is 14.9 Å². The van der Waals surface area contributed by atoms with Crippen molar-refractivity contribution in [1.29, 1.82) is 0 Å². The van der Waals surface area contributed by atoms with E-state index in [1.165, 1.54) is 13.2 Å². The minimum Gasteiger partial charge on any atom is -0.497 e. The smallest absolute Gasteiger partial charge is 0.274 e. The maximum Gasteiger partial charge on any atom is 0.274 e. The largest absolute Gasteiger partial charge is 0.497 e. The number of nitrogens with zero attached hydrogens (tertiary/aromatic N) is 2. The van der Waals surface area contributed by atoms with Crippen LogP contribution in [0.4, 0.5) is 15.9 Å². The highest BCUT2D eigenvalue weighted by atomic mass is 19.1. The summed E-state index contributed by atoms with van der Waals surface area (Å²) >= 11 is 0. The third-order valence-corrected chi connectivity index (χ3v) is 4.74. The predicted molar refractivity (Wildman–Crippen MR) is 98.1 cm³/mol. The zero-order valence-electron chi connectivity index (χ0n) is 14.5. The molecular weight excluding hydrogens is 353 g/mol. The van der Waals surface area contributed by atoms with Gasteiger partial charge in [0.25, 0.3) is 5.69 Å². The van der Waals surface area contributed by atoms with Crippen molar-refractivity contribution in [2.45, 2.75) is 13.0 Å². The van der Waals surface area contributed by atoms with Crippen LogP contribution in [0.5, 0.6) is 5.75 Å². The fourth-order valence-corrected chi connectivity index (χ4v) is 3.49. The Kier molecular flexibility index (Phi) is 4.02. The number of nitro benzene ring substituents is 1. The number of rotatable bonds is 4. The molecule has 0 atom stereocenters.